The van der Waals surface area contributed by atoms with E-state index in [-0.39, 0.29) is 18.2 Å². The van der Waals surface area contributed by atoms with Crippen molar-refractivity contribution in [1.29, 1.82) is 0 Å². The van der Waals surface area contributed by atoms with Gasteiger partial charge < -0.3 is 14.5 Å². The van der Waals surface area contributed by atoms with E-state index >= 15 is 0 Å². The van der Waals surface area contributed by atoms with Crippen molar-refractivity contribution in [3.63, 3.8) is 0 Å². The average molecular weight is 358 g/mol. The number of pyridine rings is 1. The van der Waals surface area contributed by atoms with Crippen molar-refractivity contribution in [3.05, 3.63) is 24.5 Å². The highest BCUT2D eigenvalue weighted by atomic mass is 16.6. The maximum atomic E-state index is 12.3. The zero-order chi connectivity index (χ0) is 17.9. The number of carbonyl (C=O) groups is 2. The summed E-state index contributed by atoms with van der Waals surface area (Å²) in [5, 5.41) is 0. The van der Waals surface area contributed by atoms with Gasteiger partial charge in [-0.2, -0.15) is 0 Å². The van der Waals surface area contributed by atoms with Crippen LogP contribution in [0.1, 0.15) is 25.7 Å². The average Bonchev–Trinajstić information content (AvgIpc) is 3.05. The molecule has 3 fully saturated rings. The Balaban J connectivity index is 1.27. The lowest BCUT2D eigenvalue weighted by Crippen LogP contribution is -2.46. The number of likely N-dealkylation sites (tertiary alicyclic amines) is 1. The zero-order valence-corrected chi connectivity index (χ0v) is 15.0. The van der Waals surface area contributed by atoms with E-state index in [2.05, 4.69) is 14.8 Å². The van der Waals surface area contributed by atoms with E-state index in [1.54, 1.807) is 0 Å². The van der Waals surface area contributed by atoms with E-state index in [4.69, 9.17) is 4.74 Å². The first kappa shape index (κ1) is 17.3. The Labute approximate surface area is 153 Å². The first-order valence-electron chi connectivity index (χ1n) is 9.55. The van der Waals surface area contributed by atoms with Crippen molar-refractivity contribution >= 4 is 17.6 Å². The van der Waals surface area contributed by atoms with Gasteiger partial charge in [-0.1, -0.05) is 0 Å². The predicted molar refractivity (Wildman–Crippen MR) is 97.1 cm³/mol. The van der Waals surface area contributed by atoms with E-state index in [0.29, 0.717) is 25.2 Å². The zero-order valence-electron chi connectivity index (χ0n) is 15.0. The maximum absolute atomic E-state index is 12.3. The Morgan fingerprint density at radius 3 is 2.42 bits per heavy atom. The van der Waals surface area contributed by atoms with Crippen LogP contribution >= 0.6 is 0 Å². The van der Waals surface area contributed by atoms with Gasteiger partial charge in [-0.15, -0.1) is 0 Å². The van der Waals surface area contributed by atoms with Gasteiger partial charge in [0.25, 0.3) is 0 Å². The van der Waals surface area contributed by atoms with E-state index in [0.717, 1.165) is 45.6 Å². The van der Waals surface area contributed by atoms with Crippen molar-refractivity contribution < 1.29 is 14.3 Å². The van der Waals surface area contributed by atoms with Crippen LogP contribution in [0.5, 0.6) is 0 Å². The van der Waals surface area contributed by atoms with Crippen LogP contribution in [0, 0.1) is 0 Å². The molecule has 0 spiro atoms. The third-order valence-corrected chi connectivity index (χ3v) is 5.71. The second-order valence-electron chi connectivity index (χ2n) is 7.42. The Morgan fingerprint density at radius 2 is 1.73 bits per heavy atom. The maximum Gasteiger partial charge on any atom is 0.410 e. The summed E-state index contributed by atoms with van der Waals surface area (Å²) in [5.41, 5.74) is 1.19. The molecule has 3 aliphatic rings. The molecule has 1 unspecified atom stereocenters. The van der Waals surface area contributed by atoms with Crippen LogP contribution in [0.2, 0.25) is 0 Å². The summed E-state index contributed by atoms with van der Waals surface area (Å²) in [5.74, 6) is 0.340. The summed E-state index contributed by atoms with van der Waals surface area (Å²) < 4.78 is 5.61. The van der Waals surface area contributed by atoms with Crippen LogP contribution < -0.4 is 4.90 Å². The monoisotopic (exact) mass is 358 g/mol. The molecular weight excluding hydrogens is 332 g/mol. The number of ether oxygens (including phenoxy) is 1. The van der Waals surface area contributed by atoms with Gasteiger partial charge in [0.2, 0.25) is 0 Å². The largest absolute Gasteiger partial charge is 0.443 e. The molecule has 4 heterocycles. The fourth-order valence-electron chi connectivity index (χ4n) is 4.20. The van der Waals surface area contributed by atoms with Crippen molar-refractivity contribution in [2.45, 2.75) is 37.8 Å². The van der Waals surface area contributed by atoms with Gasteiger partial charge in [0.15, 0.2) is 0 Å². The molecule has 0 radical (unpaired) electrons. The number of anilines is 1. The van der Waals surface area contributed by atoms with Gasteiger partial charge >= 0.3 is 6.09 Å². The van der Waals surface area contributed by atoms with E-state index in [1.165, 1.54) is 5.69 Å². The number of aromatic nitrogens is 1. The number of hydrogen-bond donors (Lipinski definition) is 0. The van der Waals surface area contributed by atoms with Gasteiger partial charge in [0.05, 0.1) is 6.54 Å². The van der Waals surface area contributed by atoms with Crippen LogP contribution in [-0.2, 0) is 9.53 Å². The number of nitrogens with zero attached hydrogens (tertiary/aromatic N) is 4. The molecule has 0 aliphatic carbocycles. The van der Waals surface area contributed by atoms with Gasteiger partial charge in [0, 0.05) is 69.7 Å². The molecule has 1 atom stereocenters. The third kappa shape index (κ3) is 3.82. The third-order valence-electron chi connectivity index (χ3n) is 5.71. The highest BCUT2D eigenvalue weighted by Gasteiger charge is 2.38. The summed E-state index contributed by atoms with van der Waals surface area (Å²) in [6.45, 7) is 4.87. The highest BCUT2D eigenvalue weighted by Crippen LogP contribution is 2.26. The summed E-state index contributed by atoms with van der Waals surface area (Å²) in [4.78, 5) is 34.3. The first-order chi connectivity index (χ1) is 12.7. The molecule has 4 rings (SSSR count). The number of rotatable bonds is 4. The molecule has 1 aromatic rings. The summed E-state index contributed by atoms with van der Waals surface area (Å²) in [6.07, 6.45) is 6.55. The lowest BCUT2D eigenvalue weighted by molar-refractivity contribution is -0.121. The highest BCUT2D eigenvalue weighted by molar-refractivity contribution is 5.79. The Morgan fingerprint density at radius 1 is 1.04 bits per heavy atom. The molecule has 140 valence electrons. The lowest BCUT2D eigenvalue weighted by Gasteiger charge is -2.36. The molecule has 0 saturated carbocycles. The van der Waals surface area contributed by atoms with Crippen LogP contribution in [0.15, 0.2) is 24.5 Å². The van der Waals surface area contributed by atoms with Crippen molar-refractivity contribution in [2.24, 2.45) is 0 Å². The van der Waals surface area contributed by atoms with Crippen LogP contribution in [0.25, 0.3) is 0 Å². The number of piperidine rings is 2. The van der Waals surface area contributed by atoms with Crippen LogP contribution in [-0.4, -0.2) is 78.1 Å². The molecule has 1 amide bonds. The van der Waals surface area contributed by atoms with E-state index in [9.17, 15) is 9.59 Å². The Bertz CT molecular complexity index is 635. The molecule has 26 heavy (non-hydrogen) atoms. The van der Waals surface area contributed by atoms with Gasteiger partial charge in [-0.25, -0.2) is 4.79 Å². The normalized spacial score (nSPS) is 25.6. The topological polar surface area (TPSA) is 66.0 Å². The molecule has 3 aliphatic heterocycles. The summed E-state index contributed by atoms with van der Waals surface area (Å²) >= 11 is 0. The van der Waals surface area contributed by atoms with Gasteiger partial charge in [-0.05, 0) is 25.0 Å². The Kier molecular flexibility index (Phi) is 5.06. The van der Waals surface area contributed by atoms with Crippen LogP contribution in [0.4, 0.5) is 10.5 Å². The number of amides is 1. The molecule has 0 aromatic carbocycles. The van der Waals surface area contributed by atoms with E-state index in [1.807, 2.05) is 29.4 Å². The fourth-order valence-corrected chi connectivity index (χ4v) is 4.20. The first-order valence-corrected chi connectivity index (χ1v) is 9.55. The molecule has 0 N–H and O–H groups in total. The number of hydrogen-bond acceptors (Lipinski definition) is 6. The molecule has 1 aromatic heterocycles. The molecule has 7 nitrogen and oxygen atoms in total. The standard InChI is InChI=1S/C19H26N4O3/c24-17-5-9-21(10-6-17)13-18-14-23(19(25)26-18)16-3-11-22(12-4-16)15-1-7-20-8-2-15/h1-2,7-8,16,18H,3-6,9-14H2. The van der Waals surface area contributed by atoms with Crippen molar-refractivity contribution in [3.8, 4) is 0 Å². The second-order valence-corrected chi connectivity index (χ2v) is 7.42. The SMILES string of the molecule is O=C1CCN(CC2CN(C3CCN(c4ccncc4)CC3)C(=O)O2)CC1. The summed E-state index contributed by atoms with van der Waals surface area (Å²) in [6, 6.07) is 4.32. The smallest absolute Gasteiger partial charge is 0.410 e. The molecule has 7 heteroatoms. The van der Waals surface area contributed by atoms with Crippen molar-refractivity contribution in [2.75, 3.05) is 44.2 Å². The molecule has 0 bridgehead atoms. The summed E-state index contributed by atoms with van der Waals surface area (Å²) in [7, 11) is 0. The van der Waals surface area contributed by atoms with Crippen LogP contribution in [0.3, 0.4) is 0 Å². The minimum absolute atomic E-state index is 0.0751. The Hall–Kier alpha value is -2.15. The quantitative estimate of drug-likeness (QED) is 0.813. The minimum Gasteiger partial charge on any atom is -0.443 e. The van der Waals surface area contributed by atoms with Crippen molar-refractivity contribution in [1.82, 2.24) is 14.8 Å². The van der Waals surface area contributed by atoms with Gasteiger partial charge in [-0.3, -0.25) is 14.7 Å². The number of carbonyl (C=O) groups excluding carboxylic acids is 2. The number of Topliss-reactive ketones (excluding diaryl/α,β-unsaturated/α-hetero) is 1. The minimum atomic E-state index is -0.176. The number of ketones is 1. The second kappa shape index (κ2) is 7.61. The molecule has 3 saturated heterocycles. The van der Waals surface area contributed by atoms with E-state index < -0.39 is 0 Å². The number of cyclic esters (lactones) is 1. The lowest BCUT2D eigenvalue weighted by atomic mass is 10.0. The predicted octanol–water partition coefficient (Wildman–Crippen LogP) is 1.54. The molecular formula is C19H26N4O3. The fraction of sp³-hybridized carbons (Fsp3) is 0.632. The van der Waals surface area contributed by atoms with Gasteiger partial charge in [0.1, 0.15) is 11.9 Å².